The van der Waals surface area contributed by atoms with Crippen LogP contribution in [-0.4, -0.2) is 55.1 Å². The van der Waals surface area contributed by atoms with E-state index in [1.807, 2.05) is 18.5 Å². The van der Waals surface area contributed by atoms with Crippen molar-refractivity contribution in [1.29, 1.82) is 0 Å². The molecule has 4 rings (SSSR count). The summed E-state index contributed by atoms with van der Waals surface area (Å²) in [6, 6.07) is 2.99. The Balaban J connectivity index is 1.52. The maximum atomic E-state index is 13.4. The lowest BCUT2D eigenvalue weighted by atomic mass is 9.76. The number of esters is 1. The number of nitrogens with one attached hydrogen (secondary N) is 1. The molecule has 0 radical (unpaired) electrons. The number of rotatable bonds is 7. The van der Waals surface area contributed by atoms with Crippen LogP contribution in [0.15, 0.2) is 18.2 Å². The number of aryl methyl sites for hydroxylation is 1. The van der Waals surface area contributed by atoms with Crippen LogP contribution in [0.25, 0.3) is 0 Å². The minimum absolute atomic E-state index is 0.113. The van der Waals surface area contributed by atoms with Gasteiger partial charge in [-0.1, -0.05) is 13.8 Å². The number of methoxy groups -OCH3 is 1. The van der Waals surface area contributed by atoms with Crippen LogP contribution in [0, 0.1) is 11.3 Å². The molecule has 1 fully saturated rings. The van der Waals surface area contributed by atoms with Gasteiger partial charge in [-0.25, -0.2) is 4.79 Å². The largest absolute Gasteiger partial charge is 0.497 e. The fourth-order valence-electron chi connectivity index (χ4n) is 5.03. The summed E-state index contributed by atoms with van der Waals surface area (Å²) in [4.78, 5) is 25.6. The SMILES string of the molecule is CCc1nn(C[C@@H](C)COC(=O)c2cc(OC)ccc2C(F)(F)F)c2c1C(=O)NCC1(CCOCC1)C2. The molecule has 1 atom stereocenters. The number of carbonyl (C=O) groups is 2. The molecule has 1 amide bonds. The quantitative estimate of drug-likeness (QED) is 0.551. The summed E-state index contributed by atoms with van der Waals surface area (Å²) < 4.78 is 58.0. The minimum Gasteiger partial charge on any atom is -0.497 e. The van der Waals surface area contributed by atoms with Crippen LogP contribution in [0.5, 0.6) is 5.75 Å². The van der Waals surface area contributed by atoms with Crippen molar-refractivity contribution >= 4 is 11.9 Å². The summed E-state index contributed by atoms with van der Waals surface area (Å²) in [5.41, 5.74) is 0.354. The Morgan fingerprint density at radius 3 is 2.68 bits per heavy atom. The average molecular weight is 524 g/mol. The van der Waals surface area contributed by atoms with Gasteiger partial charge in [0.25, 0.3) is 5.91 Å². The van der Waals surface area contributed by atoms with Crippen LogP contribution in [0.1, 0.15) is 64.4 Å². The molecule has 0 saturated carbocycles. The van der Waals surface area contributed by atoms with Crippen molar-refractivity contribution < 1.29 is 37.0 Å². The minimum atomic E-state index is -4.71. The Labute approximate surface area is 213 Å². The lowest BCUT2D eigenvalue weighted by molar-refractivity contribution is -0.138. The molecule has 1 aromatic carbocycles. The highest BCUT2D eigenvalue weighted by molar-refractivity contribution is 5.97. The highest BCUT2D eigenvalue weighted by atomic mass is 19.4. The third-order valence-electron chi connectivity index (χ3n) is 7.15. The van der Waals surface area contributed by atoms with Crippen molar-refractivity contribution in [2.75, 3.05) is 33.5 Å². The third-order valence-corrected chi connectivity index (χ3v) is 7.15. The molecule has 1 N–H and O–H groups in total. The van der Waals surface area contributed by atoms with Crippen molar-refractivity contribution in [2.45, 2.75) is 52.3 Å². The van der Waals surface area contributed by atoms with E-state index in [1.54, 1.807) is 0 Å². The van der Waals surface area contributed by atoms with Crippen LogP contribution >= 0.6 is 0 Å². The highest BCUT2D eigenvalue weighted by Gasteiger charge is 2.40. The van der Waals surface area contributed by atoms with E-state index in [0.29, 0.717) is 50.4 Å². The van der Waals surface area contributed by atoms with Crippen LogP contribution in [0.2, 0.25) is 0 Å². The zero-order valence-corrected chi connectivity index (χ0v) is 21.2. The first-order chi connectivity index (χ1) is 17.6. The third kappa shape index (κ3) is 5.76. The predicted octanol–water partition coefficient (Wildman–Crippen LogP) is 4.05. The van der Waals surface area contributed by atoms with E-state index >= 15 is 0 Å². The summed E-state index contributed by atoms with van der Waals surface area (Å²) >= 11 is 0. The summed E-state index contributed by atoms with van der Waals surface area (Å²) in [6.07, 6.45) is -1.81. The van der Waals surface area contributed by atoms with Gasteiger partial charge in [0.1, 0.15) is 5.75 Å². The van der Waals surface area contributed by atoms with Gasteiger partial charge in [-0.3, -0.25) is 9.48 Å². The Morgan fingerprint density at radius 1 is 1.30 bits per heavy atom. The van der Waals surface area contributed by atoms with Crippen LogP contribution in [0.3, 0.4) is 0 Å². The number of hydrogen-bond acceptors (Lipinski definition) is 6. The molecule has 0 bridgehead atoms. The first-order valence-corrected chi connectivity index (χ1v) is 12.4. The van der Waals surface area contributed by atoms with Gasteiger partial charge in [0.05, 0.1) is 41.8 Å². The van der Waals surface area contributed by atoms with Gasteiger partial charge in [-0.15, -0.1) is 0 Å². The van der Waals surface area contributed by atoms with E-state index in [-0.39, 0.29) is 29.6 Å². The molecule has 37 heavy (non-hydrogen) atoms. The number of benzene rings is 1. The second-order valence-corrected chi connectivity index (χ2v) is 9.89. The molecule has 2 aliphatic heterocycles. The lowest BCUT2D eigenvalue weighted by Crippen LogP contribution is -2.41. The van der Waals surface area contributed by atoms with Gasteiger partial charge >= 0.3 is 12.1 Å². The first-order valence-electron chi connectivity index (χ1n) is 12.4. The van der Waals surface area contributed by atoms with Gasteiger partial charge < -0.3 is 19.5 Å². The maximum Gasteiger partial charge on any atom is 0.417 e. The number of aromatic nitrogens is 2. The second-order valence-electron chi connectivity index (χ2n) is 9.89. The van der Waals surface area contributed by atoms with Crippen molar-refractivity contribution in [3.63, 3.8) is 0 Å². The van der Waals surface area contributed by atoms with Crippen molar-refractivity contribution in [3.05, 3.63) is 46.3 Å². The zero-order valence-electron chi connectivity index (χ0n) is 21.2. The first kappa shape index (κ1) is 27.0. The Morgan fingerprint density at radius 2 is 2.03 bits per heavy atom. The van der Waals surface area contributed by atoms with Crippen LogP contribution in [-0.2, 0) is 35.0 Å². The summed E-state index contributed by atoms with van der Waals surface area (Å²) in [5, 5.41) is 7.76. The fraction of sp³-hybridized carbons (Fsp3) is 0.577. The summed E-state index contributed by atoms with van der Waals surface area (Å²) in [7, 11) is 1.31. The second kappa shape index (κ2) is 10.7. The summed E-state index contributed by atoms with van der Waals surface area (Å²) in [6.45, 7) is 5.83. The molecule has 8 nitrogen and oxygen atoms in total. The number of amides is 1. The molecule has 2 aliphatic rings. The predicted molar refractivity (Wildman–Crippen MR) is 128 cm³/mol. The molecule has 1 aromatic heterocycles. The lowest BCUT2D eigenvalue weighted by Gasteiger charge is -2.36. The number of ether oxygens (including phenoxy) is 3. The Bertz CT molecular complexity index is 1160. The highest BCUT2D eigenvalue weighted by Crippen LogP contribution is 2.38. The number of alkyl halides is 3. The smallest absolute Gasteiger partial charge is 0.417 e. The maximum absolute atomic E-state index is 13.4. The fourth-order valence-corrected chi connectivity index (χ4v) is 5.03. The Hall–Kier alpha value is -3.08. The number of carbonyl (C=O) groups excluding carboxylic acids is 2. The number of hydrogen-bond donors (Lipinski definition) is 1. The van der Waals surface area contributed by atoms with Crippen LogP contribution < -0.4 is 10.1 Å². The standard InChI is InChI=1S/C26H32F3N3O5/c1-4-20-22-21(12-25(15-30-23(22)33)7-9-36-10-8-25)32(31-20)13-16(2)14-37-24(34)18-11-17(35-3)5-6-19(18)26(27,28)29/h5-6,11,16H,4,7-10,12-15H2,1-3H3,(H,30,33)/t16-/m1/s1. The van der Waals surface area contributed by atoms with Gasteiger partial charge in [-0.05, 0) is 49.3 Å². The molecule has 1 spiro atoms. The van der Waals surface area contributed by atoms with Crippen molar-refractivity contribution in [1.82, 2.24) is 15.1 Å². The van der Waals surface area contributed by atoms with E-state index in [0.717, 1.165) is 36.7 Å². The van der Waals surface area contributed by atoms with Gasteiger partial charge in [0.15, 0.2) is 0 Å². The number of halogens is 3. The molecular formula is C26H32F3N3O5. The van der Waals surface area contributed by atoms with E-state index in [2.05, 4.69) is 5.32 Å². The molecule has 0 aliphatic carbocycles. The monoisotopic (exact) mass is 523 g/mol. The van der Waals surface area contributed by atoms with E-state index in [4.69, 9.17) is 19.3 Å². The number of nitrogens with zero attached hydrogens (tertiary/aromatic N) is 2. The van der Waals surface area contributed by atoms with Gasteiger partial charge in [-0.2, -0.15) is 18.3 Å². The van der Waals surface area contributed by atoms with Gasteiger partial charge in [0, 0.05) is 32.2 Å². The molecule has 202 valence electrons. The molecule has 0 unspecified atom stereocenters. The van der Waals surface area contributed by atoms with Crippen LogP contribution in [0.4, 0.5) is 13.2 Å². The average Bonchev–Trinajstić information content (AvgIpc) is 3.14. The van der Waals surface area contributed by atoms with E-state index < -0.39 is 23.3 Å². The van der Waals surface area contributed by atoms with E-state index in [9.17, 15) is 22.8 Å². The van der Waals surface area contributed by atoms with E-state index in [1.165, 1.54) is 7.11 Å². The van der Waals surface area contributed by atoms with Crippen molar-refractivity contribution in [2.24, 2.45) is 11.3 Å². The Kier molecular flexibility index (Phi) is 7.82. The molecule has 11 heteroatoms. The molecule has 3 heterocycles. The number of fused-ring (bicyclic) bond motifs is 1. The normalized spacial score (nSPS) is 18.1. The zero-order chi connectivity index (χ0) is 26.8. The molecular weight excluding hydrogens is 491 g/mol. The summed E-state index contributed by atoms with van der Waals surface area (Å²) in [5.74, 6) is -1.36. The molecule has 1 saturated heterocycles. The topological polar surface area (TPSA) is 91.7 Å². The molecule has 2 aromatic rings. The van der Waals surface area contributed by atoms with Gasteiger partial charge in [0.2, 0.25) is 0 Å². The van der Waals surface area contributed by atoms with Crippen molar-refractivity contribution in [3.8, 4) is 5.75 Å².